The summed E-state index contributed by atoms with van der Waals surface area (Å²) in [7, 11) is 3.65. The number of rotatable bonds is 15. The first-order chi connectivity index (χ1) is 15.6. The van der Waals surface area contributed by atoms with Gasteiger partial charge in [0, 0.05) is 30.9 Å². The summed E-state index contributed by atoms with van der Waals surface area (Å²) in [6.45, 7) is 18.1. The summed E-state index contributed by atoms with van der Waals surface area (Å²) in [6, 6.07) is 0. The Labute approximate surface area is 208 Å². The molecular formula is C26H50ClN3O3. The van der Waals surface area contributed by atoms with Gasteiger partial charge in [-0.2, -0.15) is 0 Å². The highest BCUT2D eigenvalue weighted by atomic mass is 35.5. The molecule has 0 saturated heterocycles. The number of hydrogen-bond donors (Lipinski definition) is 2. The van der Waals surface area contributed by atoms with E-state index in [0.29, 0.717) is 11.0 Å². The van der Waals surface area contributed by atoms with Gasteiger partial charge in [0.1, 0.15) is 12.5 Å². The molecule has 1 rings (SSSR count). The van der Waals surface area contributed by atoms with E-state index < -0.39 is 0 Å². The molecule has 2 unspecified atom stereocenters. The predicted octanol–water partition coefficient (Wildman–Crippen LogP) is 5.48. The Bertz CT molecular complexity index is 577. The minimum Gasteiger partial charge on any atom is -0.500 e. The van der Waals surface area contributed by atoms with Crippen LogP contribution in [0.5, 0.6) is 0 Å². The normalized spacial score (nSPS) is 16.6. The number of amides is 1. The van der Waals surface area contributed by atoms with Gasteiger partial charge in [0.2, 0.25) is 6.41 Å². The van der Waals surface area contributed by atoms with Gasteiger partial charge in [0.25, 0.3) is 0 Å². The minimum absolute atomic E-state index is 0.182. The topological polar surface area (TPSA) is 70.7 Å². The van der Waals surface area contributed by atoms with Gasteiger partial charge >= 0.3 is 0 Å². The maximum Gasteiger partial charge on any atom is 0.207 e. The number of likely N-dealkylation sites (N-methyl/N-ethyl adjacent to an activating group) is 1. The largest absolute Gasteiger partial charge is 0.500 e. The molecule has 2 N–H and O–H groups in total. The maximum atomic E-state index is 9.75. The van der Waals surface area contributed by atoms with Crippen LogP contribution in [0.1, 0.15) is 80.1 Å². The van der Waals surface area contributed by atoms with Crippen molar-refractivity contribution in [2.24, 2.45) is 11.8 Å². The standard InChI is InChI=1S/C20H39ClN2O.C5H9NO.CH2O/c1-8-9-10-11-16(2)17(3)15-23(13-12-22-6)18(4)14-20(21)19(5)24-7;1-5(2-3-5)6-4-7;1-2/h14,16-17,22H,8-13,15H2,1-7H3;4H,2-3H2,1H3,(H,6,7);1H2/b18-14+,20-19-;;. The minimum atomic E-state index is 0.182. The van der Waals surface area contributed by atoms with Crippen molar-refractivity contribution in [2.45, 2.75) is 85.6 Å². The van der Waals surface area contributed by atoms with Gasteiger partial charge in [-0.25, -0.2) is 0 Å². The molecule has 33 heavy (non-hydrogen) atoms. The fourth-order valence-electron chi connectivity index (χ4n) is 3.13. The maximum absolute atomic E-state index is 9.75. The van der Waals surface area contributed by atoms with Crippen molar-refractivity contribution < 1.29 is 14.3 Å². The smallest absolute Gasteiger partial charge is 0.207 e. The summed E-state index contributed by atoms with van der Waals surface area (Å²) in [5, 5.41) is 6.64. The molecule has 0 bridgehead atoms. The fourth-order valence-corrected chi connectivity index (χ4v) is 3.37. The fraction of sp³-hybridized carbons (Fsp3) is 0.769. The molecule has 7 heteroatoms. The highest BCUT2D eigenvalue weighted by Gasteiger charge is 2.36. The third-order valence-electron chi connectivity index (χ3n) is 6.26. The number of allylic oxidation sites excluding steroid dienone is 4. The molecule has 1 saturated carbocycles. The third kappa shape index (κ3) is 16.7. The predicted molar refractivity (Wildman–Crippen MR) is 141 cm³/mol. The Morgan fingerprint density at radius 1 is 1.21 bits per heavy atom. The van der Waals surface area contributed by atoms with Crippen molar-refractivity contribution in [3.8, 4) is 0 Å². The molecule has 2 atom stereocenters. The first kappa shape index (κ1) is 33.6. The number of carbonyl (C=O) groups excluding carboxylic acids is 2. The Morgan fingerprint density at radius 2 is 1.82 bits per heavy atom. The summed E-state index contributed by atoms with van der Waals surface area (Å²) in [6.07, 6.45) is 10.4. The quantitative estimate of drug-likeness (QED) is 0.138. The molecule has 6 nitrogen and oxygen atoms in total. The highest BCUT2D eigenvalue weighted by Crippen LogP contribution is 2.33. The highest BCUT2D eigenvalue weighted by molar-refractivity contribution is 6.31. The number of nitrogens with one attached hydrogen (secondary N) is 2. The summed E-state index contributed by atoms with van der Waals surface area (Å²) in [5.41, 5.74) is 1.38. The SMILES string of the molecule is C=O.CC1(NC=O)CC1.CCCCCC(C)C(C)CN(CCNC)/C(C)=C/C(Cl)=C(\C)OC. The Kier molecular flexibility index (Phi) is 20.3. The van der Waals surface area contributed by atoms with Crippen LogP contribution >= 0.6 is 11.6 Å². The lowest BCUT2D eigenvalue weighted by Gasteiger charge is -2.31. The Morgan fingerprint density at radius 3 is 2.24 bits per heavy atom. The zero-order valence-corrected chi connectivity index (χ0v) is 23.2. The van der Waals surface area contributed by atoms with E-state index in [1.54, 1.807) is 7.11 Å². The monoisotopic (exact) mass is 487 g/mol. The van der Waals surface area contributed by atoms with E-state index in [0.717, 1.165) is 50.6 Å². The molecule has 1 aliphatic rings. The number of carbonyl (C=O) groups is 2. The van der Waals surface area contributed by atoms with Crippen molar-refractivity contribution in [3.63, 3.8) is 0 Å². The van der Waals surface area contributed by atoms with Gasteiger partial charge in [0.05, 0.1) is 12.1 Å². The summed E-state index contributed by atoms with van der Waals surface area (Å²) in [4.78, 5) is 20.2. The van der Waals surface area contributed by atoms with Crippen LogP contribution in [0.15, 0.2) is 22.6 Å². The van der Waals surface area contributed by atoms with Crippen LogP contribution in [0.25, 0.3) is 0 Å². The molecule has 0 heterocycles. The van der Waals surface area contributed by atoms with Crippen LogP contribution in [0.4, 0.5) is 0 Å². The van der Waals surface area contributed by atoms with E-state index in [2.05, 4.69) is 43.2 Å². The van der Waals surface area contributed by atoms with E-state index in [1.165, 1.54) is 31.4 Å². The van der Waals surface area contributed by atoms with Gasteiger partial charge in [-0.3, -0.25) is 4.79 Å². The second-order valence-corrected chi connectivity index (χ2v) is 9.62. The molecule has 0 aromatic rings. The first-order valence-electron chi connectivity index (χ1n) is 12.1. The van der Waals surface area contributed by atoms with E-state index in [-0.39, 0.29) is 5.54 Å². The van der Waals surface area contributed by atoms with E-state index in [1.807, 2.05) is 33.8 Å². The number of unbranched alkanes of at least 4 members (excludes halogenated alkanes) is 2. The molecule has 1 amide bonds. The average molecular weight is 488 g/mol. The van der Waals surface area contributed by atoms with Crippen molar-refractivity contribution >= 4 is 24.8 Å². The average Bonchev–Trinajstić information content (AvgIpc) is 3.54. The van der Waals surface area contributed by atoms with Crippen LogP contribution in [0.2, 0.25) is 0 Å². The van der Waals surface area contributed by atoms with Gasteiger partial charge < -0.3 is 25.1 Å². The Hall–Kier alpha value is -1.53. The molecule has 0 aliphatic heterocycles. The van der Waals surface area contributed by atoms with E-state index in [9.17, 15) is 4.79 Å². The van der Waals surface area contributed by atoms with Crippen LogP contribution < -0.4 is 10.6 Å². The summed E-state index contributed by atoms with van der Waals surface area (Å²) < 4.78 is 5.22. The lowest BCUT2D eigenvalue weighted by atomic mass is 9.90. The number of ether oxygens (including phenoxy) is 1. The van der Waals surface area contributed by atoms with Crippen molar-refractivity contribution in [3.05, 3.63) is 22.6 Å². The van der Waals surface area contributed by atoms with E-state index in [4.69, 9.17) is 21.1 Å². The van der Waals surface area contributed by atoms with Crippen LogP contribution in [-0.2, 0) is 14.3 Å². The lowest BCUT2D eigenvalue weighted by Crippen LogP contribution is -2.34. The molecule has 1 aliphatic carbocycles. The molecular weight excluding hydrogens is 438 g/mol. The van der Waals surface area contributed by atoms with Crippen molar-refractivity contribution in [1.29, 1.82) is 0 Å². The second-order valence-electron chi connectivity index (χ2n) is 9.22. The van der Waals surface area contributed by atoms with Crippen molar-refractivity contribution in [1.82, 2.24) is 15.5 Å². The number of nitrogens with zero attached hydrogens (tertiary/aromatic N) is 1. The summed E-state index contributed by atoms with van der Waals surface area (Å²) in [5.74, 6) is 2.16. The van der Waals surface area contributed by atoms with Crippen LogP contribution in [0, 0.1) is 11.8 Å². The molecule has 194 valence electrons. The molecule has 0 spiro atoms. The van der Waals surface area contributed by atoms with Crippen molar-refractivity contribution in [2.75, 3.05) is 33.8 Å². The zero-order chi connectivity index (χ0) is 25.9. The van der Waals surface area contributed by atoms with Crippen LogP contribution in [0.3, 0.4) is 0 Å². The number of halogens is 1. The molecule has 0 radical (unpaired) electrons. The Balaban J connectivity index is 0. The van der Waals surface area contributed by atoms with E-state index >= 15 is 0 Å². The lowest BCUT2D eigenvalue weighted by molar-refractivity contribution is -0.110. The second kappa shape index (κ2) is 19.9. The molecule has 1 fully saturated rings. The van der Waals surface area contributed by atoms with Gasteiger partial charge in [-0.15, -0.1) is 0 Å². The first-order valence-corrected chi connectivity index (χ1v) is 12.5. The van der Waals surface area contributed by atoms with Gasteiger partial charge in [0.15, 0.2) is 0 Å². The van der Waals surface area contributed by atoms with Gasteiger partial charge in [-0.1, -0.05) is 58.1 Å². The zero-order valence-electron chi connectivity index (χ0n) is 22.4. The molecule has 0 aromatic heterocycles. The number of hydrogen-bond acceptors (Lipinski definition) is 5. The number of methoxy groups -OCH3 is 1. The van der Waals surface area contributed by atoms with Gasteiger partial charge in [-0.05, 0) is 58.6 Å². The third-order valence-corrected chi connectivity index (χ3v) is 6.63. The van der Waals surface area contributed by atoms with Crippen LogP contribution in [-0.4, -0.2) is 57.4 Å². The molecule has 0 aromatic carbocycles. The summed E-state index contributed by atoms with van der Waals surface area (Å²) >= 11 is 6.32.